The number of carboxylic acids is 1. The van der Waals surface area contributed by atoms with Gasteiger partial charge in [-0.25, -0.2) is 9.59 Å². The van der Waals surface area contributed by atoms with Crippen LogP contribution in [0.4, 0.5) is 13.2 Å². The van der Waals surface area contributed by atoms with Crippen LogP contribution in [-0.2, 0) is 41.5 Å². The van der Waals surface area contributed by atoms with Crippen molar-refractivity contribution >= 4 is 51.9 Å². The summed E-state index contributed by atoms with van der Waals surface area (Å²) >= 11 is 4.78. The van der Waals surface area contributed by atoms with Crippen molar-refractivity contribution in [3.8, 4) is 5.75 Å². The molecule has 2 saturated carbocycles. The lowest BCUT2D eigenvalue weighted by molar-refractivity contribution is -0.946. The van der Waals surface area contributed by atoms with Gasteiger partial charge in [0.25, 0.3) is 0 Å². The average Bonchev–Trinajstić information content (AvgIpc) is 4.22. The Balaban J connectivity index is 0.000000182. The van der Waals surface area contributed by atoms with Crippen LogP contribution in [0.25, 0.3) is 0 Å². The normalized spacial score (nSPS) is 27.7. The van der Waals surface area contributed by atoms with Gasteiger partial charge in [0.1, 0.15) is 38.0 Å². The Kier molecular flexibility index (Phi) is 19.0. The molecule has 390 valence electrons. The number of nitrogens with zero attached hydrogens (tertiary/aromatic N) is 2. The van der Waals surface area contributed by atoms with Gasteiger partial charge in [0, 0.05) is 70.4 Å². The Morgan fingerprint density at radius 2 is 1.06 bits per heavy atom. The number of alkyl halides is 3. The molecule has 0 unspecified atom stereocenters. The molecule has 6 saturated heterocycles. The van der Waals surface area contributed by atoms with Crippen molar-refractivity contribution < 1.29 is 83.0 Å². The molecule has 71 heavy (non-hydrogen) atoms. The highest BCUT2D eigenvalue weighted by molar-refractivity contribution is 7.10. The van der Waals surface area contributed by atoms with E-state index in [9.17, 15) is 33.0 Å². The molecule has 2 N–H and O–H groups in total. The fourth-order valence-electron chi connectivity index (χ4n) is 12.3. The fourth-order valence-corrected chi connectivity index (χ4v) is 14.9. The molecule has 4 bridgehead atoms. The lowest BCUT2D eigenvalue weighted by Crippen LogP contribution is -3.00. The minimum absolute atomic E-state index is 0. The van der Waals surface area contributed by atoms with E-state index >= 15 is 0 Å². The first-order chi connectivity index (χ1) is 33.6. The summed E-state index contributed by atoms with van der Waals surface area (Å²) in [6.07, 6.45) is 9.27. The molecule has 1 aromatic carbocycles. The summed E-state index contributed by atoms with van der Waals surface area (Å²) in [6, 6.07) is 21.9. The van der Waals surface area contributed by atoms with Gasteiger partial charge in [-0.1, -0.05) is 62.1 Å². The van der Waals surface area contributed by atoms with Crippen LogP contribution in [0.5, 0.6) is 5.75 Å². The summed E-state index contributed by atoms with van der Waals surface area (Å²) in [5.41, 5.74) is -2.97. The van der Waals surface area contributed by atoms with Crippen LogP contribution < -0.4 is 26.8 Å². The summed E-state index contributed by atoms with van der Waals surface area (Å²) < 4.78 is 51.9. The number of para-hydroxylation sites is 1. The summed E-state index contributed by atoms with van der Waals surface area (Å²) in [6.45, 7) is 9.16. The number of piperidine rings is 6. The van der Waals surface area contributed by atoms with Crippen LogP contribution in [0.1, 0.15) is 98.1 Å². The number of rotatable bonds is 16. The SMILES string of the molecule is O=C(O[C@H]1C[N+]2(CCCc3cccs3)CCC1CC2)[C@](O)(c1cccs1)C1CCCC1.O=C(O[C@H]1C[N+]2(CCOc3ccccc3)CCC1CC2)[C@](O)(c1cccs1)C1CCCC1.O=C([O-])C(F)(F)F.[Br-]. The monoisotopic (exact) mass is 1110 g/mol. The molecular formula is C53H68BrF3N2O9S3. The van der Waals surface area contributed by atoms with Crippen molar-refractivity contribution in [1.82, 2.24) is 0 Å². The van der Waals surface area contributed by atoms with Crippen LogP contribution in [0.2, 0.25) is 0 Å². The quantitative estimate of drug-likeness (QED) is 0.108. The summed E-state index contributed by atoms with van der Waals surface area (Å²) in [4.78, 5) is 38.7. The third-order valence-electron chi connectivity index (χ3n) is 16.4. The summed E-state index contributed by atoms with van der Waals surface area (Å²) in [5, 5.41) is 38.2. The van der Waals surface area contributed by atoms with Crippen LogP contribution in [0, 0.1) is 23.7 Å². The molecule has 8 aliphatic rings. The molecular weight excluding hydrogens is 1040 g/mol. The Hall–Kier alpha value is -3.36. The van der Waals surface area contributed by atoms with E-state index in [0.29, 0.717) is 18.4 Å². The summed E-state index contributed by atoms with van der Waals surface area (Å²) in [7, 11) is 0. The predicted molar refractivity (Wildman–Crippen MR) is 261 cm³/mol. The van der Waals surface area contributed by atoms with Gasteiger partial charge in [-0.2, -0.15) is 13.2 Å². The van der Waals surface area contributed by atoms with E-state index in [2.05, 4.69) is 17.5 Å². The van der Waals surface area contributed by atoms with Crippen LogP contribution in [0.15, 0.2) is 82.9 Å². The van der Waals surface area contributed by atoms with Gasteiger partial charge in [0.05, 0.1) is 32.7 Å². The zero-order chi connectivity index (χ0) is 49.4. The standard InChI is InChI=1S/C26H34NO4S.C25H34NO3S2.C2HF3O2.BrH/c28-25(26(29,21-7-4-5-8-21)24-11-6-18-32-24)31-23-19-27(14-12-20(23)13-15-27)16-17-30-22-9-2-1-3-10-22;27-24(25(28,20-6-1-2-7-20)23-10-5-17-31-23)29-22-18-26(14-11-19(22)12-15-26)13-3-8-21-9-4-16-30-21;3-2(4,5)1(6)7;/h1-3,6,9-11,18,20-21,23,29H,4-5,7-8,12-17,19H2;4-5,9-10,16-17,19-20,22,28H,1-3,6-8,11-15,18H2;(H,6,7);1H/q2*+1;;/p-2/t20?,23-,26+,27?;19?,22-,25+,26?;;/m00../s1. The third-order valence-corrected chi connectivity index (χ3v) is 19.3. The van der Waals surface area contributed by atoms with E-state index in [0.717, 1.165) is 147 Å². The molecule has 9 heterocycles. The van der Waals surface area contributed by atoms with Crippen LogP contribution in [0.3, 0.4) is 0 Å². The van der Waals surface area contributed by atoms with E-state index in [4.69, 9.17) is 24.1 Å². The number of quaternary nitrogens is 2. The van der Waals surface area contributed by atoms with E-state index in [1.807, 2.05) is 76.7 Å². The Bertz CT molecular complexity index is 2260. The largest absolute Gasteiger partial charge is 1.00 e. The van der Waals surface area contributed by atoms with Gasteiger partial charge in [-0.05, 0) is 78.6 Å². The molecule has 3 aromatic heterocycles. The molecule has 6 aliphatic heterocycles. The first-order valence-electron chi connectivity index (χ1n) is 25.3. The molecule has 11 nitrogen and oxygen atoms in total. The van der Waals surface area contributed by atoms with Crippen LogP contribution >= 0.6 is 34.0 Å². The molecule has 0 amide bonds. The van der Waals surface area contributed by atoms with E-state index in [1.54, 1.807) is 0 Å². The van der Waals surface area contributed by atoms with Crippen molar-refractivity contribution in [1.29, 1.82) is 0 Å². The second-order valence-electron chi connectivity index (χ2n) is 20.5. The molecule has 12 rings (SSSR count). The number of esters is 2. The first-order valence-corrected chi connectivity index (χ1v) is 27.9. The number of ether oxygens (including phenoxy) is 3. The maximum atomic E-state index is 13.5. The number of fused-ring (bicyclic) bond motifs is 6. The fraction of sp³-hybridized carbons (Fsp3) is 0.604. The number of benzene rings is 1. The van der Waals surface area contributed by atoms with Gasteiger partial charge >= 0.3 is 18.1 Å². The van der Waals surface area contributed by atoms with Crippen LogP contribution in [-0.4, -0.2) is 114 Å². The Morgan fingerprint density at radius 1 is 0.620 bits per heavy atom. The zero-order valence-corrected chi connectivity index (χ0v) is 44.2. The zero-order valence-electron chi connectivity index (χ0n) is 40.2. The molecule has 0 radical (unpaired) electrons. The molecule has 18 heteroatoms. The second-order valence-corrected chi connectivity index (χ2v) is 23.5. The number of thiophene rings is 3. The lowest BCUT2D eigenvalue weighted by atomic mass is 9.82. The van der Waals surface area contributed by atoms with Gasteiger partial charge in [-0.3, -0.25) is 0 Å². The van der Waals surface area contributed by atoms with Gasteiger partial charge in [0.15, 0.2) is 23.4 Å². The number of aryl methyl sites for hydroxylation is 1. The number of hydrogen-bond acceptors (Lipinski definition) is 12. The Morgan fingerprint density at radius 3 is 1.46 bits per heavy atom. The highest BCUT2D eigenvalue weighted by Gasteiger charge is 2.55. The maximum Gasteiger partial charge on any atom is 0.430 e. The number of aliphatic carboxylic acids is 1. The molecule has 4 atom stereocenters. The second kappa shape index (κ2) is 24.3. The highest BCUT2D eigenvalue weighted by Crippen LogP contribution is 2.46. The lowest BCUT2D eigenvalue weighted by Gasteiger charge is -2.52. The summed E-state index contributed by atoms with van der Waals surface area (Å²) in [5.74, 6) is -2.12. The number of carbonyl (C=O) groups is 3. The van der Waals surface area contributed by atoms with Crippen molar-refractivity contribution in [2.45, 2.75) is 119 Å². The molecule has 4 aromatic rings. The predicted octanol–water partition coefficient (Wildman–Crippen LogP) is 5.63. The third kappa shape index (κ3) is 13.1. The number of halogens is 4. The van der Waals surface area contributed by atoms with Crippen molar-refractivity contribution in [2.75, 3.05) is 59.0 Å². The maximum absolute atomic E-state index is 13.5. The number of hydrogen-bond donors (Lipinski definition) is 2. The average molecular weight is 1110 g/mol. The van der Waals surface area contributed by atoms with E-state index in [-0.39, 0.29) is 41.0 Å². The van der Waals surface area contributed by atoms with Crippen molar-refractivity contribution in [3.05, 3.63) is 97.5 Å². The van der Waals surface area contributed by atoms with E-state index < -0.39 is 35.3 Å². The van der Waals surface area contributed by atoms with Crippen molar-refractivity contribution in [3.63, 3.8) is 0 Å². The minimum atomic E-state index is -5.19. The minimum Gasteiger partial charge on any atom is -1.00 e. The number of carbonyl (C=O) groups excluding carboxylic acids is 3. The van der Waals surface area contributed by atoms with Gasteiger partial charge < -0.3 is 60.3 Å². The van der Waals surface area contributed by atoms with Gasteiger partial charge in [0.2, 0.25) is 0 Å². The Labute approximate surface area is 437 Å². The van der Waals surface area contributed by atoms with E-state index in [1.165, 1.54) is 47.1 Å². The first kappa shape index (κ1) is 55.4. The number of aliphatic hydroxyl groups is 2. The topological polar surface area (TPSA) is 142 Å². The smallest absolute Gasteiger partial charge is 0.430 e. The van der Waals surface area contributed by atoms with Crippen molar-refractivity contribution in [2.24, 2.45) is 23.7 Å². The highest BCUT2D eigenvalue weighted by atomic mass is 79.9. The molecule has 8 fully saturated rings. The van der Waals surface area contributed by atoms with Gasteiger partial charge in [-0.15, -0.1) is 34.0 Å². The molecule has 2 aliphatic carbocycles. The molecule has 0 spiro atoms. The number of carboxylic acid groups (broad SMARTS) is 1.